The molecule has 1 N–H and O–H groups in total. The average molecular weight is 445 g/mol. The van der Waals surface area contributed by atoms with Gasteiger partial charge in [0.25, 0.3) is 5.91 Å². The summed E-state index contributed by atoms with van der Waals surface area (Å²) in [7, 11) is -2.46. The minimum absolute atomic E-state index is 0.0707. The van der Waals surface area contributed by atoms with Crippen molar-refractivity contribution in [2.75, 3.05) is 38.7 Å². The highest BCUT2D eigenvalue weighted by atomic mass is 35.5. The molecule has 28 heavy (non-hydrogen) atoms. The van der Waals surface area contributed by atoms with E-state index in [1.165, 1.54) is 35.7 Å². The van der Waals surface area contributed by atoms with Crippen molar-refractivity contribution in [3.05, 3.63) is 52.0 Å². The van der Waals surface area contributed by atoms with Gasteiger partial charge in [-0.25, -0.2) is 8.42 Å². The number of rotatable bonds is 5. The lowest BCUT2D eigenvalue weighted by Crippen LogP contribution is -2.40. The Hall–Kier alpha value is -1.84. The number of morpholine rings is 1. The summed E-state index contributed by atoms with van der Waals surface area (Å²) in [5.74, 6) is -0.322. The first-order chi connectivity index (χ1) is 13.3. The monoisotopic (exact) mass is 444 g/mol. The average Bonchev–Trinajstić information content (AvgIpc) is 2.71. The van der Waals surface area contributed by atoms with Gasteiger partial charge in [-0.05, 0) is 36.4 Å². The summed E-state index contributed by atoms with van der Waals surface area (Å²) >= 11 is 11.8. The fourth-order valence-corrected chi connectivity index (χ4v) is 4.61. The van der Waals surface area contributed by atoms with Gasteiger partial charge in [-0.3, -0.25) is 4.79 Å². The first kappa shape index (κ1) is 20.9. The number of hydrogen-bond donors (Lipinski definition) is 1. The van der Waals surface area contributed by atoms with Crippen LogP contribution in [0.1, 0.15) is 10.4 Å². The van der Waals surface area contributed by atoms with Gasteiger partial charge >= 0.3 is 0 Å². The van der Waals surface area contributed by atoms with Crippen LogP contribution in [0.3, 0.4) is 0 Å². The Labute approximate surface area is 173 Å². The highest BCUT2D eigenvalue weighted by Crippen LogP contribution is 2.29. The van der Waals surface area contributed by atoms with Gasteiger partial charge in [0, 0.05) is 24.3 Å². The number of anilines is 1. The maximum Gasteiger partial charge on any atom is 0.255 e. The zero-order valence-electron chi connectivity index (χ0n) is 14.9. The van der Waals surface area contributed by atoms with E-state index in [-0.39, 0.29) is 29.3 Å². The molecule has 0 bridgehead atoms. The zero-order chi connectivity index (χ0) is 20.3. The minimum atomic E-state index is -3.84. The van der Waals surface area contributed by atoms with Gasteiger partial charge < -0.3 is 14.8 Å². The number of halogens is 2. The van der Waals surface area contributed by atoms with E-state index in [0.717, 1.165) is 0 Å². The number of amides is 1. The van der Waals surface area contributed by atoms with Crippen molar-refractivity contribution in [2.24, 2.45) is 0 Å². The molecule has 1 amide bonds. The molecule has 3 rings (SSSR count). The molecule has 1 aliphatic rings. The van der Waals surface area contributed by atoms with E-state index < -0.39 is 15.9 Å². The summed E-state index contributed by atoms with van der Waals surface area (Å²) < 4.78 is 37.7. The smallest absolute Gasteiger partial charge is 0.255 e. The van der Waals surface area contributed by atoms with Crippen molar-refractivity contribution >= 4 is 44.8 Å². The van der Waals surface area contributed by atoms with E-state index in [9.17, 15) is 13.2 Å². The number of benzene rings is 2. The van der Waals surface area contributed by atoms with E-state index in [1.807, 2.05) is 0 Å². The molecular formula is C18H18Cl2N2O5S. The van der Waals surface area contributed by atoms with Gasteiger partial charge in [0.2, 0.25) is 10.0 Å². The Balaban J connectivity index is 1.91. The minimum Gasteiger partial charge on any atom is -0.495 e. The molecule has 2 aromatic rings. The number of nitrogens with zero attached hydrogens (tertiary/aromatic N) is 1. The lowest BCUT2D eigenvalue weighted by molar-refractivity contribution is 0.0729. The Morgan fingerprint density at radius 3 is 2.46 bits per heavy atom. The van der Waals surface area contributed by atoms with Crippen LogP contribution in [-0.2, 0) is 14.8 Å². The lowest BCUT2D eigenvalue weighted by Gasteiger charge is -2.26. The third-order valence-electron chi connectivity index (χ3n) is 4.19. The number of carbonyl (C=O) groups is 1. The molecule has 0 aliphatic carbocycles. The van der Waals surface area contributed by atoms with Crippen LogP contribution in [0.25, 0.3) is 0 Å². The number of methoxy groups -OCH3 is 1. The molecule has 10 heteroatoms. The fourth-order valence-electron chi connectivity index (χ4n) is 2.72. The molecule has 0 spiro atoms. The molecule has 0 saturated carbocycles. The van der Waals surface area contributed by atoms with Crippen molar-refractivity contribution in [3.63, 3.8) is 0 Å². The lowest BCUT2D eigenvalue weighted by atomic mass is 10.2. The Bertz CT molecular complexity index is 991. The SMILES string of the molecule is COc1ccc(C(=O)Nc2ccc(Cl)c(Cl)c2)cc1S(=O)(=O)N1CCOCC1. The third-order valence-corrected chi connectivity index (χ3v) is 6.85. The Morgan fingerprint density at radius 2 is 1.82 bits per heavy atom. The van der Waals surface area contributed by atoms with Crippen molar-refractivity contribution in [2.45, 2.75) is 4.90 Å². The van der Waals surface area contributed by atoms with E-state index in [2.05, 4.69) is 5.32 Å². The Morgan fingerprint density at radius 1 is 1.11 bits per heavy atom. The first-order valence-electron chi connectivity index (χ1n) is 8.35. The molecular weight excluding hydrogens is 427 g/mol. The van der Waals surface area contributed by atoms with Gasteiger partial charge in [0.15, 0.2) is 0 Å². The maximum atomic E-state index is 13.0. The van der Waals surface area contributed by atoms with Crippen LogP contribution in [-0.4, -0.2) is 52.0 Å². The quantitative estimate of drug-likeness (QED) is 0.764. The molecule has 1 heterocycles. The molecule has 1 aliphatic heterocycles. The van der Waals surface area contributed by atoms with E-state index >= 15 is 0 Å². The second-order valence-corrected chi connectivity index (χ2v) is 8.69. The highest BCUT2D eigenvalue weighted by Gasteiger charge is 2.30. The van der Waals surface area contributed by atoms with Crippen LogP contribution < -0.4 is 10.1 Å². The molecule has 0 aromatic heterocycles. The van der Waals surface area contributed by atoms with Crippen LogP contribution in [0.2, 0.25) is 10.0 Å². The van der Waals surface area contributed by atoms with E-state index in [4.69, 9.17) is 32.7 Å². The number of ether oxygens (including phenoxy) is 2. The standard InChI is InChI=1S/C18H18Cl2N2O5S/c1-26-16-5-2-12(18(23)21-13-3-4-14(19)15(20)11-13)10-17(16)28(24,25)22-6-8-27-9-7-22/h2-5,10-11H,6-9H2,1H3,(H,21,23). The van der Waals surface area contributed by atoms with Crippen molar-refractivity contribution in [3.8, 4) is 5.75 Å². The summed E-state index contributed by atoms with van der Waals surface area (Å²) in [5.41, 5.74) is 0.603. The first-order valence-corrected chi connectivity index (χ1v) is 10.5. The zero-order valence-corrected chi connectivity index (χ0v) is 17.3. The predicted octanol–water partition coefficient (Wildman–Crippen LogP) is 3.28. The summed E-state index contributed by atoms with van der Waals surface area (Å²) in [6.45, 7) is 1.12. The van der Waals surface area contributed by atoms with Gasteiger partial charge in [0.05, 0.1) is 30.4 Å². The van der Waals surface area contributed by atoms with Crippen LogP contribution in [0.15, 0.2) is 41.3 Å². The van der Waals surface area contributed by atoms with Gasteiger partial charge in [-0.15, -0.1) is 0 Å². The molecule has 0 atom stereocenters. The number of nitrogens with one attached hydrogen (secondary N) is 1. The summed E-state index contributed by atoms with van der Waals surface area (Å²) in [6, 6.07) is 8.91. The topological polar surface area (TPSA) is 84.9 Å². The molecule has 0 radical (unpaired) electrons. The second kappa shape index (κ2) is 8.67. The molecule has 1 saturated heterocycles. The van der Waals surface area contributed by atoms with E-state index in [0.29, 0.717) is 28.9 Å². The maximum absolute atomic E-state index is 13.0. The normalized spacial score (nSPS) is 15.2. The molecule has 7 nitrogen and oxygen atoms in total. The van der Waals surface area contributed by atoms with Crippen molar-refractivity contribution in [1.29, 1.82) is 0 Å². The second-order valence-electron chi connectivity index (χ2n) is 5.97. The van der Waals surface area contributed by atoms with Crippen LogP contribution in [0.5, 0.6) is 5.75 Å². The van der Waals surface area contributed by atoms with Crippen molar-refractivity contribution < 1.29 is 22.7 Å². The number of hydrogen-bond acceptors (Lipinski definition) is 5. The van der Waals surface area contributed by atoms with Gasteiger partial charge in [0.1, 0.15) is 10.6 Å². The van der Waals surface area contributed by atoms with E-state index in [1.54, 1.807) is 12.1 Å². The predicted molar refractivity (Wildman–Crippen MR) is 107 cm³/mol. The molecule has 150 valence electrons. The highest BCUT2D eigenvalue weighted by molar-refractivity contribution is 7.89. The third kappa shape index (κ3) is 4.42. The number of sulfonamides is 1. The van der Waals surface area contributed by atoms with Gasteiger partial charge in [-0.2, -0.15) is 4.31 Å². The Kier molecular flexibility index (Phi) is 6.47. The van der Waals surface area contributed by atoms with Crippen LogP contribution >= 0.6 is 23.2 Å². The molecule has 1 fully saturated rings. The van der Waals surface area contributed by atoms with Crippen LogP contribution in [0, 0.1) is 0 Å². The summed E-state index contributed by atoms with van der Waals surface area (Å²) in [6.07, 6.45) is 0. The van der Waals surface area contributed by atoms with Crippen molar-refractivity contribution in [1.82, 2.24) is 4.31 Å². The summed E-state index contributed by atoms with van der Waals surface area (Å²) in [5, 5.41) is 3.33. The largest absolute Gasteiger partial charge is 0.495 e. The summed E-state index contributed by atoms with van der Waals surface area (Å²) in [4.78, 5) is 12.5. The molecule has 0 unspecified atom stereocenters. The van der Waals surface area contributed by atoms with Crippen LogP contribution in [0.4, 0.5) is 5.69 Å². The van der Waals surface area contributed by atoms with Gasteiger partial charge in [-0.1, -0.05) is 23.2 Å². The number of carbonyl (C=O) groups excluding carboxylic acids is 1. The molecule has 2 aromatic carbocycles. The fraction of sp³-hybridized carbons (Fsp3) is 0.278.